The third-order valence-corrected chi connectivity index (χ3v) is 18.9. The molecule has 0 aliphatic carbocycles. The summed E-state index contributed by atoms with van der Waals surface area (Å²) >= 11 is 5.61. The minimum absolute atomic E-state index is 0. The van der Waals surface area contributed by atoms with Crippen molar-refractivity contribution in [1.82, 2.24) is 41.9 Å². The number of amides is 6. The van der Waals surface area contributed by atoms with Gasteiger partial charge in [-0.05, 0) is 75.6 Å². The van der Waals surface area contributed by atoms with E-state index in [0.29, 0.717) is 70.8 Å². The van der Waals surface area contributed by atoms with E-state index in [-0.39, 0.29) is 98.3 Å². The molecular formula is C64H98N10O8S4. The Balaban J connectivity index is 0.000000440. The van der Waals surface area contributed by atoms with Crippen molar-refractivity contribution in [2.45, 2.75) is 221 Å². The van der Waals surface area contributed by atoms with Crippen LogP contribution in [0.4, 0.5) is 0 Å². The summed E-state index contributed by atoms with van der Waals surface area (Å²) in [6.45, 7) is 15.9. The fourth-order valence-corrected chi connectivity index (χ4v) is 13.1. The number of aromatic nitrogens is 2. The van der Waals surface area contributed by atoms with Crippen LogP contribution in [-0.4, -0.2) is 124 Å². The first-order valence-electron chi connectivity index (χ1n) is 30.0. The lowest BCUT2D eigenvalue weighted by atomic mass is 9.99. The topological polar surface area (TPSA) is 259 Å². The Bertz CT molecular complexity index is 2520. The highest BCUT2D eigenvalue weighted by molar-refractivity contribution is 8.15. The number of allylic oxidation sites excluding steroid dienone is 2. The molecule has 6 amide bonds. The highest BCUT2D eigenvalue weighted by Crippen LogP contribution is 2.33. The van der Waals surface area contributed by atoms with Crippen LogP contribution >= 0.6 is 47.0 Å². The first kappa shape index (κ1) is 74.9. The number of fused-ring (bicyclic) bond motifs is 8. The number of rotatable bonds is 22. The number of hydrogen-bond acceptors (Lipinski definition) is 16. The normalized spacial score (nSPS) is 22.9. The quantitative estimate of drug-likeness (QED) is 0.0474. The third kappa shape index (κ3) is 25.4. The molecule has 0 aromatic carbocycles. The van der Waals surface area contributed by atoms with Gasteiger partial charge in [0, 0.05) is 47.6 Å². The molecule has 0 spiro atoms. The van der Waals surface area contributed by atoms with E-state index in [4.69, 9.17) is 9.98 Å². The Morgan fingerprint density at radius 1 is 0.628 bits per heavy atom. The van der Waals surface area contributed by atoms with E-state index in [9.17, 15) is 38.4 Å². The van der Waals surface area contributed by atoms with Crippen LogP contribution in [0.1, 0.15) is 196 Å². The van der Waals surface area contributed by atoms with Gasteiger partial charge in [0.05, 0.1) is 60.1 Å². The molecule has 18 nitrogen and oxygen atoms in total. The van der Waals surface area contributed by atoms with Crippen LogP contribution in [0, 0.1) is 11.8 Å². The molecule has 0 radical (unpaired) electrons. The van der Waals surface area contributed by atoms with Crippen LogP contribution in [-0.2, 0) is 51.4 Å². The highest BCUT2D eigenvalue weighted by atomic mass is 32.2. The summed E-state index contributed by atoms with van der Waals surface area (Å²) in [5, 5.41) is 19.4. The molecule has 4 aliphatic heterocycles. The number of carbonyl (C=O) groups excluding carboxylic acids is 8. The van der Waals surface area contributed by atoms with E-state index in [2.05, 4.69) is 55.7 Å². The van der Waals surface area contributed by atoms with Crippen LogP contribution in [0.3, 0.4) is 0 Å². The predicted molar refractivity (Wildman–Crippen MR) is 356 cm³/mol. The summed E-state index contributed by atoms with van der Waals surface area (Å²) < 4.78 is 0. The van der Waals surface area contributed by atoms with Crippen LogP contribution in [0.25, 0.3) is 0 Å². The molecule has 6 heterocycles. The maximum atomic E-state index is 13.4. The summed E-state index contributed by atoms with van der Waals surface area (Å²) in [5.74, 6) is 0.00590. The summed E-state index contributed by atoms with van der Waals surface area (Å²) in [6, 6.07) is 6.51. The second kappa shape index (κ2) is 38.8. The number of carbonyl (C=O) groups is 8. The van der Waals surface area contributed by atoms with Crippen LogP contribution in [0.15, 0.2) is 70.8 Å². The first-order valence-corrected chi connectivity index (χ1v) is 33.9. The van der Waals surface area contributed by atoms with Crippen LogP contribution in [0.5, 0.6) is 0 Å². The molecule has 0 fully saturated rings. The SMILES string of the molecule is C.C.CCCCCCCC(=O)SCC/C=C/C1CC(=O)NCc2cc(ccn2)C2=N[C@@](C)(CS2)C(=O)N[C@@H](C(C)C)C(=O)N1.CCCCCCCC(=O)SCC/C=C/C1CC(=O)NCc2cccc(n2)C2=N[C@@](C)(CS2)C(=O)N[C@@H](C(C)C)C(=O)N1. The molecule has 0 saturated carbocycles. The van der Waals surface area contributed by atoms with Crippen molar-refractivity contribution in [2.24, 2.45) is 21.8 Å². The second-order valence-electron chi connectivity index (χ2n) is 22.8. The van der Waals surface area contributed by atoms with Crippen molar-refractivity contribution < 1.29 is 38.4 Å². The molecule has 2 aromatic rings. The molecule has 6 rings (SSSR count). The number of nitrogens with zero attached hydrogens (tertiary/aromatic N) is 4. The third-order valence-electron chi connectivity index (χ3n) is 14.4. The van der Waals surface area contributed by atoms with Gasteiger partial charge in [-0.1, -0.05) is 162 Å². The van der Waals surface area contributed by atoms with Crippen molar-refractivity contribution >= 4 is 103 Å². The van der Waals surface area contributed by atoms with Gasteiger partial charge in [0.2, 0.25) is 35.4 Å². The van der Waals surface area contributed by atoms with Gasteiger partial charge in [-0.2, -0.15) is 0 Å². The highest BCUT2D eigenvalue weighted by Gasteiger charge is 2.43. The molecule has 22 heteroatoms. The Morgan fingerprint density at radius 3 is 1.58 bits per heavy atom. The molecule has 476 valence electrons. The van der Waals surface area contributed by atoms with E-state index in [1.807, 2.05) is 70.2 Å². The zero-order valence-electron chi connectivity index (χ0n) is 50.5. The zero-order valence-corrected chi connectivity index (χ0v) is 53.7. The van der Waals surface area contributed by atoms with Gasteiger partial charge in [-0.15, -0.1) is 23.5 Å². The molecule has 2 aromatic heterocycles. The van der Waals surface area contributed by atoms with E-state index in [1.54, 1.807) is 32.2 Å². The van der Waals surface area contributed by atoms with Gasteiger partial charge in [0.25, 0.3) is 0 Å². The molecule has 0 saturated heterocycles. The van der Waals surface area contributed by atoms with Gasteiger partial charge in [-0.3, -0.25) is 53.3 Å². The number of pyridine rings is 2. The fourth-order valence-electron chi connectivity index (χ4n) is 9.27. The number of hydrogen-bond donors (Lipinski definition) is 6. The van der Waals surface area contributed by atoms with Crippen molar-refractivity contribution in [3.8, 4) is 0 Å². The molecule has 8 bridgehead atoms. The average Bonchev–Trinajstić information content (AvgIpc) is 2.26. The molecule has 4 aliphatic rings. The fraction of sp³-hybridized carbons (Fsp3) is 0.625. The van der Waals surface area contributed by atoms with Gasteiger partial charge < -0.3 is 31.9 Å². The molecule has 86 heavy (non-hydrogen) atoms. The van der Waals surface area contributed by atoms with E-state index in [1.165, 1.54) is 85.6 Å². The number of unbranched alkanes of at least 4 members (excludes halogenated alkanes) is 8. The van der Waals surface area contributed by atoms with Gasteiger partial charge in [0.15, 0.2) is 10.2 Å². The van der Waals surface area contributed by atoms with Crippen molar-refractivity contribution in [1.29, 1.82) is 0 Å². The van der Waals surface area contributed by atoms with Gasteiger partial charge in [-0.25, -0.2) is 4.98 Å². The maximum Gasteiger partial charge on any atom is 0.249 e. The summed E-state index contributed by atoms with van der Waals surface area (Å²) in [7, 11) is 0. The number of nitrogens with one attached hydrogen (secondary N) is 6. The second-order valence-corrected chi connectivity index (χ2v) is 27.0. The minimum atomic E-state index is -1.03. The van der Waals surface area contributed by atoms with Crippen molar-refractivity contribution in [3.05, 3.63) is 83.5 Å². The monoisotopic (exact) mass is 1260 g/mol. The summed E-state index contributed by atoms with van der Waals surface area (Å²) in [6.07, 6.45) is 22.8. The maximum absolute atomic E-state index is 13.4. The lowest BCUT2D eigenvalue weighted by Gasteiger charge is -2.27. The predicted octanol–water partition coefficient (Wildman–Crippen LogP) is 10.4. The van der Waals surface area contributed by atoms with E-state index < -0.39 is 35.2 Å². The smallest absolute Gasteiger partial charge is 0.249 e. The Kier molecular flexibility index (Phi) is 33.8. The van der Waals surface area contributed by atoms with Gasteiger partial charge in [0.1, 0.15) is 28.2 Å². The molecule has 6 N–H and O–H groups in total. The number of aliphatic imine (C=N–C) groups is 2. The van der Waals surface area contributed by atoms with E-state index in [0.717, 1.165) is 36.3 Å². The number of thioether (sulfide) groups is 4. The van der Waals surface area contributed by atoms with Crippen LogP contribution < -0.4 is 31.9 Å². The first-order chi connectivity index (χ1) is 40.2. The van der Waals surface area contributed by atoms with Crippen LogP contribution in [0.2, 0.25) is 0 Å². The largest absolute Gasteiger partial charge is 0.350 e. The lowest BCUT2D eigenvalue weighted by Crippen LogP contribution is -2.56. The molecular weight excluding hydrogens is 1170 g/mol. The summed E-state index contributed by atoms with van der Waals surface area (Å²) in [5.41, 5.74) is 0.818. The molecule has 2 unspecified atom stereocenters. The van der Waals surface area contributed by atoms with Gasteiger partial charge >= 0.3 is 0 Å². The van der Waals surface area contributed by atoms with E-state index >= 15 is 0 Å². The lowest BCUT2D eigenvalue weighted by molar-refractivity contribution is -0.132. The standard InChI is InChI=1S/2C31H45N5O4S2.2CH4/c1-5-6-7-8-9-16-26(38)41-17-11-10-13-22-18-25(37)32-19-23-14-12-15-24(33-23)29-36-31(4,20-42-29)30(40)35-27(21(2)3)28(39)34-22;1-5-6-7-8-9-13-26(38)41-16-11-10-12-23-18-25(37)33-19-24-17-22(14-15-32-24)29-36-31(4,20-42-29)30(40)35-27(21(2)3)28(39)34-23;;/h10,12-15,21-22,27H,5-9,11,16-20H2,1-4H3,(H,32,37)(H,34,39)(H,35,40);10,12,14-15,17,21,23,27H,5-9,11,13,16,18-20H2,1-4H3,(H,33,37)(H,34,39)(H,35,40);2*1H4/b13-10+;12-10+;;/t22?,27-,31-;23?,27-,31-;;/m00../s1. The van der Waals surface area contributed by atoms with Crippen molar-refractivity contribution in [3.63, 3.8) is 0 Å². The minimum Gasteiger partial charge on any atom is -0.350 e. The Morgan fingerprint density at radius 2 is 1.09 bits per heavy atom. The Hall–Kier alpha value is -5.32. The average molecular weight is 1260 g/mol. The Labute approximate surface area is 529 Å². The summed E-state index contributed by atoms with van der Waals surface area (Å²) in [4.78, 5) is 122. The molecule has 6 atom stereocenters. The van der Waals surface area contributed by atoms with Crippen molar-refractivity contribution in [2.75, 3.05) is 23.0 Å². The zero-order chi connectivity index (χ0) is 61.1.